The van der Waals surface area contributed by atoms with Gasteiger partial charge >= 0.3 is 6.18 Å². The molecule has 2 aliphatic heterocycles. The van der Waals surface area contributed by atoms with Crippen LogP contribution in [-0.2, 0) is 18.0 Å². The van der Waals surface area contributed by atoms with Crippen molar-refractivity contribution in [3.05, 3.63) is 75.9 Å². The fraction of sp³-hybridized carbons (Fsp3) is 0.355. The van der Waals surface area contributed by atoms with Crippen molar-refractivity contribution in [1.29, 1.82) is 0 Å². The minimum absolute atomic E-state index is 0.000751. The van der Waals surface area contributed by atoms with Gasteiger partial charge in [-0.25, -0.2) is 14.6 Å². The summed E-state index contributed by atoms with van der Waals surface area (Å²) >= 11 is 6.45. The van der Waals surface area contributed by atoms with Gasteiger partial charge < -0.3 is 30.1 Å². The molecule has 1 aromatic carbocycles. The van der Waals surface area contributed by atoms with E-state index in [1.54, 1.807) is 9.80 Å². The third-order valence-electron chi connectivity index (χ3n) is 8.53. The van der Waals surface area contributed by atoms with Crippen molar-refractivity contribution >= 4 is 40.7 Å². The molecular formula is C31H30ClF3N10O5. The number of aliphatic hydroxyl groups excluding tert-OH is 1. The molecule has 262 valence electrons. The molecule has 0 aliphatic carbocycles. The number of hydrogen-bond acceptors (Lipinski definition) is 10. The van der Waals surface area contributed by atoms with Crippen LogP contribution in [-0.4, -0.2) is 102 Å². The van der Waals surface area contributed by atoms with Gasteiger partial charge in [0.1, 0.15) is 5.69 Å². The van der Waals surface area contributed by atoms with Crippen LogP contribution < -0.4 is 10.6 Å². The highest BCUT2D eigenvalue weighted by Gasteiger charge is 2.39. The predicted molar refractivity (Wildman–Crippen MR) is 173 cm³/mol. The lowest BCUT2D eigenvalue weighted by molar-refractivity contribution is -0.141. The Morgan fingerprint density at radius 3 is 2.44 bits per heavy atom. The number of piperazine rings is 1. The number of rotatable bonds is 7. The highest BCUT2D eigenvalue weighted by molar-refractivity contribution is 6.34. The number of pyridine rings is 1. The highest BCUT2D eigenvalue weighted by Crippen LogP contribution is 2.37. The molecule has 3 amide bonds. The fourth-order valence-electron chi connectivity index (χ4n) is 5.89. The van der Waals surface area contributed by atoms with Crippen LogP contribution in [0.2, 0.25) is 5.02 Å². The van der Waals surface area contributed by atoms with Crippen LogP contribution in [0.15, 0.2) is 54.1 Å². The molecule has 6 rings (SSSR count). The van der Waals surface area contributed by atoms with Crippen LogP contribution in [0.1, 0.15) is 39.5 Å². The van der Waals surface area contributed by atoms with Gasteiger partial charge in [-0.2, -0.15) is 18.3 Å². The van der Waals surface area contributed by atoms with E-state index in [-0.39, 0.29) is 69.8 Å². The zero-order chi connectivity index (χ0) is 35.7. The molecule has 1 unspecified atom stereocenters. The normalized spacial score (nSPS) is 18.2. The number of carbonyl (C=O) groups excluding carboxylic acids is 3. The second-order valence-corrected chi connectivity index (χ2v) is 12.2. The summed E-state index contributed by atoms with van der Waals surface area (Å²) in [5.74, 6) is -1.44. The molecule has 15 nitrogen and oxygen atoms in total. The number of nitroso groups, excluding NO2 is 1. The Kier molecular flexibility index (Phi) is 9.68. The minimum Gasteiger partial charge on any atom is -0.393 e. The average Bonchev–Trinajstić information content (AvgIpc) is 3.72. The fourth-order valence-corrected chi connectivity index (χ4v) is 6.15. The first-order chi connectivity index (χ1) is 23.8. The van der Waals surface area contributed by atoms with Crippen molar-refractivity contribution in [2.75, 3.05) is 38.0 Å². The second kappa shape index (κ2) is 14.0. The minimum atomic E-state index is -4.87. The molecular weight excluding hydrogens is 685 g/mol. The molecule has 0 saturated carbocycles. The van der Waals surface area contributed by atoms with Crippen LogP contribution >= 0.6 is 11.6 Å². The van der Waals surface area contributed by atoms with E-state index >= 15 is 0 Å². The number of amides is 3. The van der Waals surface area contributed by atoms with Crippen LogP contribution in [0.3, 0.4) is 0 Å². The Hall–Kier alpha value is -5.20. The molecule has 2 fully saturated rings. The maximum absolute atomic E-state index is 14.0. The van der Waals surface area contributed by atoms with Crippen LogP contribution in [0, 0.1) is 4.91 Å². The Morgan fingerprint density at radius 1 is 1.06 bits per heavy atom. The summed E-state index contributed by atoms with van der Waals surface area (Å²) in [7, 11) is 1.37. The lowest BCUT2D eigenvalue weighted by Gasteiger charge is -2.38. The molecule has 3 aromatic heterocycles. The lowest BCUT2D eigenvalue weighted by Crippen LogP contribution is -2.57. The Morgan fingerprint density at radius 2 is 1.80 bits per heavy atom. The van der Waals surface area contributed by atoms with E-state index in [9.17, 15) is 37.6 Å². The summed E-state index contributed by atoms with van der Waals surface area (Å²) in [4.78, 5) is 61.3. The van der Waals surface area contributed by atoms with Gasteiger partial charge in [-0.15, -0.1) is 4.91 Å². The summed E-state index contributed by atoms with van der Waals surface area (Å²) in [5, 5.41) is 22.1. The molecule has 19 heteroatoms. The molecule has 50 heavy (non-hydrogen) atoms. The van der Waals surface area contributed by atoms with Gasteiger partial charge in [0.15, 0.2) is 17.3 Å². The number of hydrogen-bond donors (Lipinski definition) is 3. The van der Waals surface area contributed by atoms with Gasteiger partial charge in [0.25, 0.3) is 11.8 Å². The Balaban J connectivity index is 1.13. The molecule has 3 N–H and O–H groups in total. The summed E-state index contributed by atoms with van der Waals surface area (Å²) < 4.78 is 44.1. The van der Waals surface area contributed by atoms with Crippen LogP contribution in [0.25, 0.3) is 17.1 Å². The molecule has 2 saturated heterocycles. The molecule has 0 radical (unpaired) electrons. The van der Waals surface area contributed by atoms with E-state index in [2.05, 4.69) is 30.9 Å². The lowest BCUT2D eigenvalue weighted by atomic mass is 10.0. The number of piperidine rings is 1. The van der Waals surface area contributed by atoms with Crippen molar-refractivity contribution in [2.24, 2.45) is 12.2 Å². The molecule has 0 spiro atoms. The molecule has 4 aromatic rings. The summed E-state index contributed by atoms with van der Waals surface area (Å²) in [6.45, 7) is 1.77. The Labute approximate surface area is 287 Å². The number of aliphatic hydroxyl groups is 1. The first-order valence-corrected chi connectivity index (χ1v) is 15.8. The molecule has 5 heterocycles. The topological polar surface area (TPSA) is 180 Å². The third-order valence-corrected chi connectivity index (χ3v) is 8.85. The van der Waals surface area contributed by atoms with E-state index in [4.69, 9.17) is 11.6 Å². The standard InChI is InChI=1S/C31H30ClF3N10O5/c1-42-24(21-16-45(40-26(21)31(33,34)35)25-5-3-18(41-50)14-37-25)15-38-27(42)28(47)39-17-2-4-20(22(32)12-17)29(48)43-8-10-44(11-9-43)30(49)23-13-19(46)6-7-36-23/h2-5,12,14-16,19,23,36,46H,6-11,13H2,1H3,(H,39,47)/t19?,23-/m0/s1. The molecule has 2 atom stereocenters. The number of aromatic nitrogens is 5. The van der Waals surface area contributed by atoms with Gasteiger partial charge in [0.05, 0.1) is 46.4 Å². The third kappa shape index (κ3) is 7.08. The highest BCUT2D eigenvalue weighted by atomic mass is 35.5. The van der Waals surface area contributed by atoms with Crippen molar-refractivity contribution in [2.45, 2.75) is 31.2 Å². The van der Waals surface area contributed by atoms with Crippen LogP contribution in [0.5, 0.6) is 0 Å². The van der Waals surface area contributed by atoms with E-state index in [0.29, 0.717) is 32.5 Å². The van der Waals surface area contributed by atoms with Crippen LogP contribution in [0.4, 0.5) is 24.5 Å². The van der Waals surface area contributed by atoms with E-state index < -0.39 is 29.9 Å². The number of imidazole rings is 1. The monoisotopic (exact) mass is 714 g/mol. The van der Waals surface area contributed by atoms with Gasteiger partial charge in [-0.1, -0.05) is 11.6 Å². The number of benzene rings is 1. The number of nitrogens with zero attached hydrogens (tertiary/aromatic N) is 8. The second-order valence-electron chi connectivity index (χ2n) is 11.8. The van der Waals surface area contributed by atoms with Crippen molar-refractivity contribution in [1.82, 2.24) is 39.4 Å². The SMILES string of the molecule is Cn1c(-c2cn(-c3ccc(N=O)cn3)nc2C(F)(F)F)cnc1C(=O)Nc1ccc(C(=O)N2CCN(C(=O)[C@@H]3CC(O)CCN3)CC2)c(Cl)c1. The largest absolute Gasteiger partial charge is 0.435 e. The number of alkyl halides is 3. The summed E-state index contributed by atoms with van der Waals surface area (Å²) in [6.07, 6.45) is -1.16. The average molecular weight is 715 g/mol. The predicted octanol–water partition coefficient (Wildman–Crippen LogP) is 3.39. The number of carbonyl (C=O) groups is 3. The Bertz CT molecular complexity index is 1940. The van der Waals surface area contributed by atoms with Crippen molar-refractivity contribution in [3.63, 3.8) is 0 Å². The molecule has 2 aliphatic rings. The maximum Gasteiger partial charge on any atom is 0.435 e. The first kappa shape index (κ1) is 34.7. The maximum atomic E-state index is 14.0. The van der Waals surface area contributed by atoms with E-state index in [1.165, 1.54) is 41.9 Å². The van der Waals surface area contributed by atoms with Crippen molar-refractivity contribution in [3.8, 4) is 17.1 Å². The van der Waals surface area contributed by atoms with Gasteiger partial charge in [-0.3, -0.25) is 14.4 Å². The summed E-state index contributed by atoms with van der Waals surface area (Å²) in [6, 6.07) is 6.39. The number of halogens is 4. The number of anilines is 1. The van der Waals surface area contributed by atoms with E-state index in [1.807, 2.05) is 0 Å². The quantitative estimate of drug-likeness (QED) is 0.242. The van der Waals surface area contributed by atoms with Gasteiger partial charge in [0, 0.05) is 45.1 Å². The number of nitrogens with one attached hydrogen (secondary N) is 2. The van der Waals surface area contributed by atoms with Gasteiger partial charge in [-0.05, 0) is 54.9 Å². The van der Waals surface area contributed by atoms with Gasteiger partial charge in [0.2, 0.25) is 5.91 Å². The zero-order valence-corrected chi connectivity index (χ0v) is 27.1. The zero-order valence-electron chi connectivity index (χ0n) is 26.4. The first-order valence-electron chi connectivity index (χ1n) is 15.4. The smallest absolute Gasteiger partial charge is 0.393 e. The summed E-state index contributed by atoms with van der Waals surface area (Å²) in [5.41, 5.74) is -1.29. The molecule has 0 bridgehead atoms. The van der Waals surface area contributed by atoms with E-state index in [0.717, 1.165) is 23.3 Å². The van der Waals surface area contributed by atoms with Crippen molar-refractivity contribution < 1.29 is 32.7 Å².